The Labute approximate surface area is 211 Å². The number of pyridine rings is 2. The third-order valence-corrected chi connectivity index (χ3v) is 7.06. The number of ether oxygens (including phenoxy) is 1. The molecule has 4 heterocycles. The second-order valence-electron chi connectivity index (χ2n) is 9.39. The maximum absolute atomic E-state index is 16.4. The minimum absolute atomic E-state index is 0.0479. The second kappa shape index (κ2) is 8.67. The summed E-state index contributed by atoms with van der Waals surface area (Å²) in [6.45, 7) is 3.91. The van der Waals surface area contributed by atoms with Crippen molar-refractivity contribution < 1.29 is 18.6 Å². The molecule has 2 aromatic heterocycles. The van der Waals surface area contributed by atoms with Gasteiger partial charge in [0.15, 0.2) is 5.82 Å². The molecule has 2 fully saturated rings. The largest absolute Gasteiger partial charge is 0.508 e. The van der Waals surface area contributed by atoms with Crippen molar-refractivity contribution in [3.05, 3.63) is 58.9 Å². The number of benzene rings is 2. The van der Waals surface area contributed by atoms with Crippen LogP contribution in [0.1, 0.15) is 16.8 Å². The fourth-order valence-electron chi connectivity index (χ4n) is 5.45. The topological polar surface area (TPSA) is 94.3 Å². The summed E-state index contributed by atoms with van der Waals surface area (Å²) in [6.07, 6.45) is 7.12. The van der Waals surface area contributed by atoms with Gasteiger partial charge in [0.25, 0.3) is 0 Å². The van der Waals surface area contributed by atoms with E-state index in [1.165, 1.54) is 30.5 Å². The molecule has 2 unspecified atom stereocenters. The van der Waals surface area contributed by atoms with Crippen molar-refractivity contribution in [2.45, 2.75) is 19.0 Å². The van der Waals surface area contributed by atoms with E-state index in [-0.39, 0.29) is 51.1 Å². The van der Waals surface area contributed by atoms with Crippen molar-refractivity contribution in [1.29, 1.82) is 5.26 Å². The van der Waals surface area contributed by atoms with Gasteiger partial charge in [0.05, 0.1) is 18.8 Å². The number of hydrogen-bond donors (Lipinski definition) is 2. The highest BCUT2D eigenvalue weighted by Gasteiger charge is 2.33. The zero-order valence-corrected chi connectivity index (χ0v) is 19.8. The third kappa shape index (κ3) is 3.63. The number of morpholine rings is 1. The van der Waals surface area contributed by atoms with Gasteiger partial charge in [-0.15, -0.1) is 6.42 Å². The highest BCUT2D eigenvalue weighted by molar-refractivity contribution is 6.04. The first-order chi connectivity index (χ1) is 17.9. The van der Waals surface area contributed by atoms with Crippen LogP contribution in [0.2, 0.25) is 0 Å². The van der Waals surface area contributed by atoms with E-state index in [9.17, 15) is 14.8 Å². The van der Waals surface area contributed by atoms with Crippen molar-refractivity contribution in [2.24, 2.45) is 0 Å². The number of anilines is 1. The highest BCUT2D eigenvalue weighted by Crippen LogP contribution is 2.40. The molecule has 2 bridgehead atoms. The number of aromatic nitrogens is 2. The van der Waals surface area contributed by atoms with E-state index in [0.717, 1.165) is 0 Å². The lowest BCUT2D eigenvalue weighted by Gasteiger charge is -2.43. The van der Waals surface area contributed by atoms with E-state index >= 15 is 4.39 Å². The molecule has 0 spiro atoms. The summed E-state index contributed by atoms with van der Waals surface area (Å²) in [6, 6.07) is 7.70. The van der Waals surface area contributed by atoms with E-state index in [1.54, 1.807) is 6.92 Å². The molecule has 0 amide bonds. The van der Waals surface area contributed by atoms with Crippen LogP contribution in [0.4, 0.5) is 14.6 Å². The van der Waals surface area contributed by atoms with Crippen molar-refractivity contribution in [3.63, 3.8) is 0 Å². The Bertz CT molecular complexity index is 1680. The fraction of sp³-hybridized carbons (Fsp3) is 0.250. The zero-order chi connectivity index (χ0) is 25.8. The van der Waals surface area contributed by atoms with E-state index < -0.39 is 11.6 Å². The van der Waals surface area contributed by atoms with Gasteiger partial charge in [-0.3, -0.25) is 4.98 Å². The standard InChI is InChI=1S/C28H21F2N5O2/c1-3-19-22(29)5-4-15-6-18(36)7-20(25(15)19)27-26(30)24-14(2)23(8-31)34-28(21(24)9-32-27)35-10-16-12-37-13-17(11-35)33-16/h1,4-7,9,16-17,33,36H,10-13H2,2H3. The molecule has 2 atom stereocenters. The van der Waals surface area contributed by atoms with Crippen LogP contribution >= 0.6 is 0 Å². The van der Waals surface area contributed by atoms with Crippen LogP contribution in [0.5, 0.6) is 5.75 Å². The summed E-state index contributed by atoms with van der Waals surface area (Å²) in [5.74, 6) is 1.34. The van der Waals surface area contributed by atoms with Crippen molar-refractivity contribution in [2.75, 3.05) is 31.2 Å². The van der Waals surface area contributed by atoms with E-state index in [1.807, 2.05) is 4.90 Å². The van der Waals surface area contributed by atoms with E-state index in [4.69, 9.17) is 11.2 Å². The predicted molar refractivity (Wildman–Crippen MR) is 135 cm³/mol. The summed E-state index contributed by atoms with van der Waals surface area (Å²) in [5.41, 5.74) is 0.480. The predicted octanol–water partition coefficient (Wildman–Crippen LogP) is 3.77. The first-order valence-electron chi connectivity index (χ1n) is 11.8. The molecule has 37 heavy (non-hydrogen) atoms. The molecule has 2 aliphatic rings. The van der Waals surface area contributed by atoms with Crippen LogP contribution in [0.3, 0.4) is 0 Å². The highest BCUT2D eigenvalue weighted by atomic mass is 19.1. The summed E-state index contributed by atoms with van der Waals surface area (Å²) >= 11 is 0. The molecule has 7 nitrogen and oxygen atoms in total. The van der Waals surface area contributed by atoms with E-state index in [0.29, 0.717) is 48.5 Å². The van der Waals surface area contributed by atoms with Crippen LogP contribution in [0.25, 0.3) is 32.8 Å². The van der Waals surface area contributed by atoms with Crippen LogP contribution in [0.15, 0.2) is 30.5 Å². The monoisotopic (exact) mass is 497 g/mol. The van der Waals surface area contributed by atoms with Gasteiger partial charge < -0.3 is 20.1 Å². The molecule has 2 aromatic carbocycles. The Morgan fingerprint density at radius 1 is 1.19 bits per heavy atom. The summed E-state index contributed by atoms with van der Waals surface area (Å²) in [7, 11) is 0. The van der Waals surface area contributed by atoms with Gasteiger partial charge in [-0.2, -0.15) is 5.26 Å². The Morgan fingerprint density at radius 3 is 2.65 bits per heavy atom. The first-order valence-corrected chi connectivity index (χ1v) is 11.8. The van der Waals surface area contributed by atoms with Crippen LogP contribution < -0.4 is 10.2 Å². The number of terminal acetylenes is 1. The fourth-order valence-corrected chi connectivity index (χ4v) is 5.45. The average molecular weight is 498 g/mol. The lowest BCUT2D eigenvalue weighted by Crippen LogP contribution is -2.63. The van der Waals surface area contributed by atoms with Gasteiger partial charge in [-0.25, -0.2) is 13.8 Å². The summed E-state index contributed by atoms with van der Waals surface area (Å²) in [5, 5.41) is 25.1. The third-order valence-electron chi connectivity index (χ3n) is 7.06. The number of hydrogen-bond acceptors (Lipinski definition) is 7. The SMILES string of the molecule is C#Cc1c(F)ccc2cc(O)cc(-c3ncc4c(N5CC6COCC(C5)N6)nc(C#N)c(C)c4c3F)c12. The molecule has 6 rings (SSSR count). The van der Waals surface area contributed by atoms with Crippen molar-refractivity contribution in [1.82, 2.24) is 15.3 Å². The molecule has 2 N–H and O–H groups in total. The van der Waals surface area contributed by atoms with Crippen LogP contribution in [-0.4, -0.2) is 53.5 Å². The molecular formula is C28H21F2N5O2. The molecule has 4 aromatic rings. The van der Waals surface area contributed by atoms with Crippen molar-refractivity contribution >= 4 is 27.4 Å². The number of fused-ring (bicyclic) bond motifs is 4. The number of phenols is 1. The van der Waals surface area contributed by atoms with Crippen molar-refractivity contribution in [3.8, 4) is 35.4 Å². The number of nitriles is 1. The number of aryl methyl sites for hydroxylation is 1. The minimum Gasteiger partial charge on any atom is -0.508 e. The van der Waals surface area contributed by atoms with Gasteiger partial charge >= 0.3 is 0 Å². The Morgan fingerprint density at radius 2 is 1.95 bits per heavy atom. The molecule has 2 saturated heterocycles. The molecular weight excluding hydrogens is 476 g/mol. The number of rotatable bonds is 2. The average Bonchev–Trinajstić information content (AvgIpc) is 2.88. The summed E-state index contributed by atoms with van der Waals surface area (Å²) < 4.78 is 36.7. The number of phenolic OH excluding ortho intramolecular Hbond substituents is 1. The molecule has 0 saturated carbocycles. The molecule has 9 heteroatoms. The maximum Gasteiger partial charge on any atom is 0.157 e. The number of piperazine rings is 1. The second-order valence-corrected chi connectivity index (χ2v) is 9.39. The Hall–Kier alpha value is -4.31. The number of halogens is 2. The van der Waals surface area contributed by atoms with Gasteiger partial charge in [-0.05, 0) is 36.1 Å². The first kappa shape index (κ1) is 23.1. The molecule has 0 aliphatic carbocycles. The van der Waals surface area contributed by atoms with E-state index in [2.05, 4.69) is 27.3 Å². The molecule has 184 valence electrons. The molecule has 2 aliphatic heterocycles. The minimum atomic E-state index is -0.701. The zero-order valence-electron chi connectivity index (χ0n) is 19.8. The van der Waals surface area contributed by atoms with Gasteiger partial charge in [0.2, 0.25) is 0 Å². The van der Waals surface area contributed by atoms with Gasteiger partial charge in [-0.1, -0.05) is 12.0 Å². The number of nitrogens with one attached hydrogen (secondary N) is 1. The lowest BCUT2D eigenvalue weighted by molar-refractivity contribution is 0.0375. The molecule has 0 radical (unpaired) electrons. The Balaban J connectivity index is 1.62. The number of aromatic hydroxyl groups is 1. The summed E-state index contributed by atoms with van der Waals surface area (Å²) in [4.78, 5) is 11.1. The smallest absolute Gasteiger partial charge is 0.157 e. The normalized spacial score (nSPS) is 19.1. The quantitative estimate of drug-likeness (QED) is 0.407. The van der Waals surface area contributed by atoms with Crippen LogP contribution in [0, 0.1) is 42.2 Å². The maximum atomic E-state index is 16.4. The number of nitrogens with zero attached hydrogens (tertiary/aromatic N) is 4. The van der Waals surface area contributed by atoms with Gasteiger partial charge in [0, 0.05) is 53.1 Å². The van der Waals surface area contributed by atoms with Gasteiger partial charge in [0.1, 0.15) is 34.8 Å². The lowest BCUT2D eigenvalue weighted by atomic mass is 9.94. The Kier molecular flexibility index (Phi) is 5.41. The van der Waals surface area contributed by atoms with Crippen LogP contribution in [-0.2, 0) is 4.74 Å².